The highest BCUT2D eigenvalue weighted by Crippen LogP contribution is 2.30. The first kappa shape index (κ1) is 18.3. The molecule has 1 aliphatic heterocycles. The third-order valence-electron chi connectivity index (χ3n) is 4.22. The fraction of sp³-hybridized carbons (Fsp3) is 0.316. The Balaban J connectivity index is 1.76. The average Bonchev–Trinajstić information content (AvgIpc) is 2.98. The van der Waals surface area contributed by atoms with E-state index in [-0.39, 0.29) is 17.9 Å². The Bertz CT molecular complexity index is 794. The fourth-order valence-corrected chi connectivity index (χ4v) is 2.84. The van der Waals surface area contributed by atoms with Crippen LogP contribution in [0.2, 0.25) is 0 Å². The molecular weight excluding hydrogens is 345 g/mol. The molecule has 2 N–H and O–H groups in total. The van der Waals surface area contributed by atoms with E-state index in [1.54, 1.807) is 12.1 Å². The van der Waals surface area contributed by atoms with Gasteiger partial charge in [-0.25, -0.2) is 13.2 Å². The van der Waals surface area contributed by atoms with Gasteiger partial charge in [-0.05, 0) is 48.9 Å². The molecule has 1 saturated heterocycles. The lowest BCUT2D eigenvalue weighted by atomic mass is 10.1. The van der Waals surface area contributed by atoms with Crippen molar-refractivity contribution in [2.24, 2.45) is 5.73 Å². The number of ether oxygens (including phenoxy) is 1. The molecule has 138 valence electrons. The number of hydrogen-bond acceptors (Lipinski definition) is 3. The number of alkyl halides is 2. The number of hydrogen-bond donors (Lipinski definition) is 1. The molecule has 2 aromatic carbocycles. The predicted molar refractivity (Wildman–Crippen MR) is 91.1 cm³/mol. The van der Waals surface area contributed by atoms with E-state index in [0.717, 1.165) is 23.0 Å². The number of likely N-dealkylation sites (tertiary alicyclic amines) is 1. The van der Waals surface area contributed by atoms with Crippen LogP contribution in [0.4, 0.5) is 13.2 Å². The highest BCUT2D eigenvalue weighted by atomic mass is 19.3. The van der Waals surface area contributed by atoms with Gasteiger partial charge in [-0.3, -0.25) is 4.79 Å². The summed E-state index contributed by atoms with van der Waals surface area (Å²) < 4.78 is 46.3. The third-order valence-corrected chi connectivity index (χ3v) is 4.22. The molecule has 0 bridgehead atoms. The zero-order valence-electron chi connectivity index (χ0n) is 14.1. The van der Waals surface area contributed by atoms with Crippen LogP contribution in [-0.4, -0.2) is 36.4 Å². The van der Waals surface area contributed by atoms with Crippen LogP contribution < -0.4 is 10.5 Å². The van der Waals surface area contributed by atoms with E-state index in [9.17, 15) is 18.0 Å². The third kappa shape index (κ3) is 4.16. The Morgan fingerprint density at radius 3 is 2.46 bits per heavy atom. The lowest BCUT2D eigenvalue weighted by Gasteiger charge is -2.17. The van der Waals surface area contributed by atoms with E-state index < -0.39 is 30.6 Å². The maximum absolute atomic E-state index is 14.0. The van der Waals surface area contributed by atoms with Crippen molar-refractivity contribution in [3.63, 3.8) is 0 Å². The van der Waals surface area contributed by atoms with E-state index >= 15 is 0 Å². The number of amides is 1. The normalized spacial score (nSPS) is 15.9. The molecule has 0 aromatic heterocycles. The van der Waals surface area contributed by atoms with Crippen molar-refractivity contribution in [3.8, 4) is 11.5 Å². The van der Waals surface area contributed by atoms with Gasteiger partial charge in [0.05, 0.1) is 12.1 Å². The number of nitrogens with two attached hydrogens (primary N) is 1. The van der Waals surface area contributed by atoms with Crippen LogP contribution in [0.15, 0.2) is 42.5 Å². The summed E-state index contributed by atoms with van der Waals surface area (Å²) >= 11 is 0. The Labute approximate surface area is 149 Å². The SMILES string of the molecule is NCCc1ccc(Oc2ccc(F)c(C(=O)N3CCC(F)(F)C3)c2)cc1. The molecule has 0 unspecified atom stereocenters. The van der Waals surface area contributed by atoms with Crippen molar-refractivity contribution in [1.82, 2.24) is 4.90 Å². The van der Waals surface area contributed by atoms with Crippen molar-refractivity contribution < 1.29 is 22.7 Å². The first-order chi connectivity index (χ1) is 12.4. The van der Waals surface area contributed by atoms with Gasteiger partial charge >= 0.3 is 0 Å². The van der Waals surface area contributed by atoms with E-state index in [1.165, 1.54) is 12.1 Å². The maximum Gasteiger partial charge on any atom is 0.267 e. The molecule has 1 fully saturated rings. The minimum Gasteiger partial charge on any atom is -0.457 e. The molecular formula is C19H19F3N2O2. The lowest BCUT2D eigenvalue weighted by molar-refractivity contribution is 0.0119. The Morgan fingerprint density at radius 1 is 1.15 bits per heavy atom. The molecule has 0 aliphatic carbocycles. The van der Waals surface area contributed by atoms with Crippen molar-refractivity contribution in [3.05, 3.63) is 59.4 Å². The highest BCUT2D eigenvalue weighted by Gasteiger charge is 2.41. The number of nitrogens with zero attached hydrogens (tertiary/aromatic N) is 1. The van der Waals surface area contributed by atoms with E-state index in [0.29, 0.717) is 12.3 Å². The predicted octanol–water partition coefficient (Wildman–Crippen LogP) is 3.60. The van der Waals surface area contributed by atoms with E-state index in [1.807, 2.05) is 12.1 Å². The fourth-order valence-electron chi connectivity index (χ4n) is 2.84. The molecule has 0 saturated carbocycles. The van der Waals surface area contributed by atoms with Crippen molar-refractivity contribution in [1.29, 1.82) is 0 Å². The van der Waals surface area contributed by atoms with Gasteiger partial charge in [-0.15, -0.1) is 0 Å². The number of rotatable bonds is 5. The minimum absolute atomic E-state index is 0.0983. The number of carbonyl (C=O) groups excluding carboxylic acids is 1. The quantitative estimate of drug-likeness (QED) is 0.882. The van der Waals surface area contributed by atoms with Crippen LogP contribution in [0.25, 0.3) is 0 Å². The first-order valence-electron chi connectivity index (χ1n) is 8.31. The number of carbonyl (C=O) groups is 1. The molecule has 3 rings (SSSR count). The summed E-state index contributed by atoms with van der Waals surface area (Å²) in [6.45, 7) is -0.253. The molecule has 1 aliphatic rings. The highest BCUT2D eigenvalue weighted by molar-refractivity contribution is 5.95. The standard InChI is InChI=1S/C19H19F3N2O2/c20-17-6-5-15(26-14-3-1-13(2-4-14)7-9-23)11-16(17)18(25)24-10-8-19(21,22)12-24/h1-6,11H,7-10,12,23H2. The van der Waals surface area contributed by atoms with E-state index in [4.69, 9.17) is 10.5 Å². The summed E-state index contributed by atoms with van der Waals surface area (Å²) in [4.78, 5) is 13.3. The molecule has 1 heterocycles. The van der Waals surface area contributed by atoms with Crippen molar-refractivity contribution in [2.75, 3.05) is 19.6 Å². The minimum atomic E-state index is -2.93. The summed E-state index contributed by atoms with van der Waals surface area (Å²) in [6, 6.07) is 10.9. The van der Waals surface area contributed by atoms with Gasteiger partial charge in [0.1, 0.15) is 17.3 Å². The van der Waals surface area contributed by atoms with E-state index in [2.05, 4.69) is 0 Å². The molecule has 0 atom stereocenters. The second kappa shape index (κ2) is 7.37. The zero-order valence-corrected chi connectivity index (χ0v) is 14.1. The molecule has 1 amide bonds. The summed E-state index contributed by atoms with van der Waals surface area (Å²) in [5.41, 5.74) is 6.28. The van der Waals surface area contributed by atoms with Gasteiger partial charge in [-0.2, -0.15) is 0 Å². The van der Waals surface area contributed by atoms with Crippen molar-refractivity contribution >= 4 is 5.91 Å². The molecule has 0 spiro atoms. The van der Waals surface area contributed by atoms with Gasteiger partial charge in [0.15, 0.2) is 0 Å². The molecule has 0 radical (unpaired) electrons. The molecule has 2 aromatic rings. The van der Waals surface area contributed by atoms with Gasteiger partial charge in [0.2, 0.25) is 0 Å². The summed E-state index contributed by atoms with van der Waals surface area (Å²) in [7, 11) is 0. The zero-order chi connectivity index (χ0) is 18.7. The second-order valence-electron chi connectivity index (χ2n) is 6.26. The summed E-state index contributed by atoms with van der Waals surface area (Å²) in [5, 5.41) is 0. The smallest absolute Gasteiger partial charge is 0.267 e. The Hall–Kier alpha value is -2.54. The maximum atomic E-state index is 14.0. The molecule has 4 nitrogen and oxygen atoms in total. The van der Waals surface area contributed by atoms with Gasteiger partial charge in [0.25, 0.3) is 11.8 Å². The van der Waals surface area contributed by atoms with Crippen LogP contribution in [0.5, 0.6) is 11.5 Å². The topological polar surface area (TPSA) is 55.6 Å². The van der Waals surface area contributed by atoms with Gasteiger partial charge in [0, 0.05) is 13.0 Å². The van der Waals surface area contributed by atoms with Crippen LogP contribution in [-0.2, 0) is 6.42 Å². The Morgan fingerprint density at radius 2 is 1.85 bits per heavy atom. The lowest BCUT2D eigenvalue weighted by Crippen LogP contribution is -2.31. The number of halogens is 3. The molecule has 26 heavy (non-hydrogen) atoms. The Kier molecular flexibility index (Phi) is 5.18. The largest absolute Gasteiger partial charge is 0.457 e. The van der Waals surface area contributed by atoms with Gasteiger partial charge < -0.3 is 15.4 Å². The van der Waals surface area contributed by atoms with Crippen LogP contribution in [0.1, 0.15) is 22.3 Å². The van der Waals surface area contributed by atoms with Crippen LogP contribution in [0.3, 0.4) is 0 Å². The first-order valence-corrected chi connectivity index (χ1v) is 8.31. The average molecular weight is 364 g/mol. The molecule has 7 heteroatoms. The van der Waals surface area contributed by atoms with Gasteiger partial charge in [-0.1, -0.05) is 12.1 Å². The number of benzene rings is 2. The monoisotopic (exact) mass is 364 g/mol. The summed E-state index contributed by atoms with van der Waals surface area (Å²) in [5.74, 6) is -3.68. The van der Waals surface area contributed by atoms with Crippen LogP contribution >= 0.6 is 0 Å². The second-order valence-corrected chi connectivity index (χ2v) is 6.26. The van der Waals surface area contributed by atoms with Crippen LogP contribution in [0, 0.1) is 5.82 Å². The van der Waals surface area contributed by atoms with Crippen molar-refractivity contribution in [2.45, 2.75) is 18.8 Å². The summed E-state index contributed by atoms with van der Waals surface area (Å²) in [6.07, 6.45) is 0.335.